The Balaban J connectivity index is 3.51. The molecule has 0 spiro atoms. The third kappa shape index (κ3) is 2.25. The molecule has 0 atom stereocenters. The van der Waals surface area contributed by atoms with Gasteiger partial charge in [0.15, 0.2) is 5.82 Å². The second kappa shape index (κ2) is 4.56. The number of nitrogens with zero attached hydrogens (tertiary/aromatic N) is 2. The third-order valence-corrected chi connectivity index (χ3v) is 2.18. The lowest BCUT2D eigenvalue weighted by Gasteiger charge is -2.05. The third-order valence-electron chi connectivity index (χ3n) is 1.65. The summed E-state index contributed by atoms with van der Waals surface area (Å²) >= 11 is 2.85. The predicted molar refractivity (Wildman–Crippen MR) is 48.4 cm³/mol. The van der Waals surface area contributed by atoms with Crippen LogP contribution in [-0.4, -0.2) is 9.91 Å². The maximum absolute atomic E-state index is 12.9. The highest BCUT2D eigenvalue weighted by molar-refractivity contribution is 9.08. The van der Waals surface area contributed by atoms with Gasteiger partial charge < -0.3 is 0 Å². The van der Waals surface area contributed by atoms with Crippen LogP contribution < -0.4 is 0 Å². The minimum absolute atomic E-state index is 0.0939. The Labute approximate surface area is 90.4 Å². The Morgan fingerprint density at radius 2 is 2.20 bits per heavy atom. The molecule has 1 aromatic heterocycles. The van der Waals surface area contributed by atoms with Crippen LogP contribution in [0.2, 0.25) is 0 Å². The van der Waals surface area contributed by atoms with Gasteiger partial charge in [-0.15, -0.1) is 0 Å². The van der Waals surface area contributed by atoms with Crippen molar-refractivity contribution < 1.29 is 18.1 Å². The summed E-state index contributed by atoms with van der Waals surface area (Å²) in [5.41, 5.74) is -2.41. The number of halogens is 4. The van der Waals surface area contributed by atoms with Gasteiger partial charge in [0.2, 0.25) is 0 Å². The van der Waals surface area contributed by atoms with Crippen LogP contribution >= 0.6 is 15.9 Å². The summed E-state index contributed by atoms with van der Waals surface area (Å²) in [6, 6.07) is 0. The van der Waals surface area contributed by atoms with Gasteiger partial charge in [0, 0.05) is 0 Å². The van der Waals surface area contributed by atoms with E-state index in [9.17, 15) is 23.3 Å². The van der Waals surface area contributed by atoms with E-state index in [1.807, 2.05) is 0 Å². The average Bonchev–Trinajstić information content (AvgIpc) is 2.16. The van der Waals surface area contributed by atoms with Crippen LogP contribution in [0.3, 0.4) is 0 Å². The maximum Gasteiger partial charge on any atom is 0.303 e. The van der Waals surface area contributed by atoms with Gasteiger partial charge in [-0.05, 0) is 0 Å². The summed E-state index contributed by atoms with van der Waals surface area (Å²) < 4.78 is 37.7. The fourth-order valence-electron chi connectivity index (χ4n) is 1.04. The molecule has 4 nitrogen and oxygen atoms in total. The lowest BCUT2D eigenvalue weighted by Crippen LogP contribution is -2.05. The smallest absolute Gasteiger partial charge is 0.258 e. The number of hydrogen-bond donors (Lipinski definition) is 0. The quantitative estimate of drug-likeness (QED) is 0.487. The Morgan fingerprint density at radius 1 is 1.60 bits per heavy atom. The Morgan fingerprint density at radius 3 is 2.60 bits per heavy atom. The molecule has 1 heterocycles. The van der Waals surface area contributed by atoms with E-state index in [-0.39, 0.29) is 11.0 Å². The minimum atomic E-state index is -3.24. The molecular weight excluding hydrogens is 281 g/mol. The molecule has 0 aliphatic heterocycles. The monoisotopic (exact) mass is 284 g/mol. The highest BCUT2D eigenvalue weighted by Crippen LogP contribution is 2.33. The first-order valence-electron chi connectivity index (χ1n) is 3.64. The summed E-state index contributed by atoms with van der Waals surface area (Å²) in [4.78, 5) is 12.8. The zero-order valence-electron chi connectivity index (χ0n) is 7.08. The van der Waals surface area contributed by atoms with E-state index in [1.165, 1.54) is 0 Å². The highest BCUT2D eigenvalue weighted by Gasteiger charge is 2.30. The molecule has 82 valence electrons. The molecule has 0 saturated carbocycles. The molecule has 0 unspecified atom stereocenters. The van der Waals surface area contributed by atoms with E-state index in [4.69, 9.17) is 0 Å². The van der Waals surface area contributed by atoms with Crippen LogP contribution in [0.15, 0.2) is 6.20 Å². The van der Waals surface area contributed by atoms with E-state index in [0.29, 0.717) is 6.20 Å². The highest BCUT2D eigenvalue weighted by atomic mass is 79.9. The van der Waals surface area contributed by atoms with Crippen LogP contribution in [-0.2, 0) is 5.33 Å². The molecule has 0 bridgehead atoms. The fourth-order valence-corrected chi connectivity index (χ4v) is 1.45. The normalized spacial score (nSPS) is 10.7. The van der Waals surface area contributed by atoms with Gasteiger partial charge in [0.1, 0.15) is 11.3 Å². The van der Waals surface area contributed by atoms with Gasteiger partial charge in [-0.25, -0.2) is 13.2 Å². The molecule has 0 amide bonds. The van der Waals surface area contributed by atoms with Crippen molar-refractivity contribution in [2.75, 3.05) is 0 Å². The van der Waals surface area contributed by atoms with Crippen molar-refractivity contribution in [3.8, 4) is 0 Å². The average molecular weight is 285 g/mol. The molecular formula is C7H4BrF3N2O2. The molecule has 0 radical (unpaired) electrons. The van der Waals surface area contributed by atoms with Gasteiger partial charge in [-0.3, -0.25) is 15.1 Å². The number of alkyl halides is 3. The van der Waals surface area contributed by atoms with Crippen molar-refractivity contribution in [2.24, 2.45) is 0 Å². The van der Waals surface area contributed by atoms with Crippen molar-refractivity contribution >= 4 is 21.6 Å². The number of pyridine rings is 1. The van der Waals surface area contributed by atoms with Gasteiger partial charge in [-0.2, -0.15) is 0 Å². The van der Waals surface area contributed by atoms with Gasteiger partial charge >= 0.3 is 5.69 Å². The maximum atomic E-state index is 12.9. The molecule has 1 rings (SSSR count). The second-order valence-electron chi connectivity index (χ2n) is 2.51. The van der Waals surface area contributed by atoms with Crippen LogP contribution in [0.4, 0.5) is 18.9 Å². The fraction of sp³-hybridized carbons (Fsp3) is 0.286. The summed E-state index contributed by atoms with van der Waals surface area (Å²) in [6.07, 6.45) is -2.70. The lowest BCUT2D eigenvalue weighted by molar-refractivity contribution is -0.387. The van der Waals surface area contributed by atoms with E-state index in [1.54, 1.807) is 0 Å². The molecule has 8 heteroatoms. The summed E-state index contributed by atoms with van der Waals surface area (Å²) in [6.45, 7) is 0. The number of rotatable bonds is 3. The predicted octanol–water partition coefficient (Wildman–Crippen LogP) is 2.96. The van der Waals surface area contributed by atoms with Gasteiger partial charge in [0.25, 0.3) is 6.43 Å². The lowest BCUT2D eigenvalue weighted by atomic mass is 10.2. The first-order valence-corrected chi connectivity index (χ1v) is 4.77. The molecule has 15 heavy (non-hydrogen) atoms. The summed E-state index contributed by atoms with van der Waals surface area (Å²) in [5, 5.41) is 10.4. The Bertz CT molecular complexity index is 400. The first-order chi connectivity index (χ1) is 6.99. The van der Waals surface area contributed by atoms with Crippen molar-refractivity contribution in [1.82, 2.24) is 4.98 Å². The van der Waals surface area contributed by atoms with E-state index < -0.39 is 28.4 Å². The minimum Gasteiger partial charge on any atom is -0.258 e. The molecule has 0 aliphatic rings. The molecule has 0 aliphatic carbocycles. The molecule has 1 aromatic rings. The SMILES string of the molecule is O=[N+]([O-])c1c(CBr)ncc(F)c1C(F)F. The van der Waals surface area contributed by atoms with E-state index in [2.05, 4.69) is 20.9 Å². The van der Waals surface area contributed by atoms with Crippen molar-refractivity contribution in [1.29, 1.82) is 0 Å². The molecule has 0 N–H and O–H groups in total. The zero-order valence-corrected chi connectivity index (χ0v) is 8.67. The van der Waals surface area contributed by atoms with Crippen LogP contribution in [0, 0.1) is 15.9 Å². The molecule has 0 fully saturated rings. The van der Waals surface area contributed by atoms with Crippen LogP contribution in [0.1, 0.15) is 17.7 Å². The van der Waals surface area contributed by atoms with Crippen molar-refractivity contribution in [3.05, 3.63) is 33.4 Å². The second-order valence-corrected chi connectivity index (χ2v) is 3.07. The molecule has 0 aromatic carbocycles. The first kappa shape index (κ1) is 11.9. The Kier molecular flexibility index (Phi) is 3.61. The zero-order chi connectivity index (χ0) is 11.6. The van der Waals surface area contributed by atoms with E-state index >= 15 is 0 Å². The largest absolute Gasteiger partial charge is 0.303 e. The van der Waals surface area contributed by atoms with Gasteiger partial charge in [-0.1, -0.05) is 15.9 Å². The van der Waals surface area contributed by atoms with E-state index in [0.717, 1.165) is 0 Å². The summed E-state index contributed by atoms with van der Waals surface area (Å²) in [7, 11) is 0. The number of hydrogen-bond acceptors (Lipinski definition) is 3. The standard InChI is InChI=1S/C7H4BrF3N2O2/c8-1-4-6(13(14)15)5(7(10)11)3(9)2-12-4/h2,7H,1H2. The van der Waals surface area contributed by atoms with Crippen molar-refractivity contribution in [3.63, 3.8) is 0 Å². The number of aromatic nitrogens is 1. The van der Waals surface area contributed by atoms with Gasteiger partial charge in [0.05, 0.1) is 16.5 Å². The molecule has 0 saturated heterocycles. The van der Waals surface area contributed by atoms with Crippen molar-refractivity contribution in [2.45, 2.75) is 11.8 Å². The topological polar surface area (TPSA) is 56.0 Å². The van der Waals surface area contributed by atoms with Crippen LogP contribution in [0.25, 0.3) is 0 Å². The Hall–Kier alpha value is -1.18. The number of nitro groups is 1. The summed E-state index contributed by atoms with van der Waals surface area (Å²) in [5.74, 6) is -1.37. The van der Waals surface area contributed by atoms with Crippen LogP contribution in [0.5, 0.6) is 0 Å².